The number of piperidine rings is 1. The second-order valence-electron chi connectivity index (χ2n) is 5.81. The second kappa shape index (κ2) is 4.67. The Morgan fingerprint density at radius 3 is 3.06 bits per heavy atom. The van der Waals surface area contributed by atoms with E-state index in [-0.39, 0.29) is 11.6 Å². The molecule has 3 heterocycles. The highest BCUT2D eigenvalue weighted by molar-refractivity contribution is 5.12. The molecule has 4 heteroatoms. The summed E-state index contributed by atoms with van der Waals surface area (Å²) in [5.41, 5.74) is 1.39. The van der Waals surface area contributed by atoms with Crippen molar-refractivity contribution in [2.45, 2.75) is 57.2 Å². The smallest absolute Gasteiger partial charge is 0.0954 e. The van der Waals surface area contributed by atoms with E-state index in [9.17, 15) is 0 Å². The molecule has 0 spiro atoms. The van der Waals surface area contributed by atoms with Crippen LogP contribution in [0, 0.1) is 0 Å². The lowest BCUT2D eigenvalue weighted by atomic mass is 9.92. The predicted octanol–water partition coefficient (Wildman–Crippen LogP) is 2.22. The van der Waals surface area contributed by atoms with Crippen molar-refractivity contribution in [1.29, 1.82) is 0 Å². The van der Waals surface area contributed by atoms with E-state index in [4.69, 9.17) is 4.74 Å². The fourth-order valence-corrected chi connectivity index (χ4v) is 3.24. The maximum Gasteiger partial charge on any atom is 0.0954 e. The summed E-state index contributed by atoms with van der Waals surface area (Å²) in [6.07, 6.45) is 9.17. The van der Waals surface area contributed by atoms with E-state index < -0.39 is 0 Å². The molecule has 2 fully saturated rings. The minimum atomic E-state index is 0.0605. The maximum absolute atomic E-state index is 5.77. The van der Waals surface area contributed by atoms with Crippen molar-refractivity contribution in [3.8, 4) is 0 Å². The van der Waals surface area contributed by atoms with Gasteiger partial charge in [-0.15, -0.1) is 0 Å². The number of hydrogen-bond acceptors (Lipinski definition) is 3. The molecule has 0 radical (unpaired) electrons. The van der Waals surface area contributed by atoms with Gasteiger partial charge < -0.3 is 14.6 Å². The van der Waals surface area contributed by atoms with Crippen molar-refractivity contribution >= 4 is 0 Å². The van der Waals surface area contributed by atoms with Gasteiger partial charge in [-0.05, 0) is 39.7 Å². The minimum absolute atomic E-state index is 0.0605. The highest BCUT2D eigenvalue weighted by Crippen LogP contribution is 2.36. The van der Waals surface area contributed by atoms with Gasteiger partial charge in [-0.3, -0.25) is 0 Å². The van der Waals surface area contributed by atoms with Crippen molar-refractivity contribution in [1.82, 2.24) is 14.9 Å². The maximum atomic E-state index is 5.77. The van der Waals surface area contributed by atoms with Gasteiger partial charge in [-0.25, -0.2) is 4.98 Å². The SMILES string of the molecule is CC1OCCC1(C)n1cncc1C1CCCCN1. The summed E-state index contributed by atoms with van der Waals surface area (Å²) in [5, 5.41) is 3.62. The molecule has 18 heavy (non-hydrogen) atoms. The monoisotopic (exact) mass is 249 g/mol. The lowest BCUT2D eigenvalue weighted by molar-refractivity contribution is 0.0739. The molecule has 3 rings (SSSR count). The highest BCUT2D eigenvalue weighted by atomic mass is 16.5. The molecule has 0 bridgehead atoms. The van der Waals surface area contributed by atoms with Crippen molar-refractivity contribution < 1.29 is 4.74 Å². The van der Waals surface area contributed by atoms with Gasteiger partial charge in [0.2, 0.25) is 0 Å². The molecule has 0 aromatic carbocycles. The van der Waals surface area contributed by atoms with Crippen LogP contribution in [-0.2, 0) is 10.3 Å². The molecule has 1 aromatic rings. The Balaban J connectivity index is 1.91. The van der Waals surface area contributed by atoms with Gasteiger partial charge in [0.25, 0.3) is 0 Å². The topological polar surface area (TPSA) is 39.1 Å². The molecule has 2 aliphatic rings. The number of rotatable bonds is 2. The van der Waals surface area contributed by atoms with Gasteiger partial charge in [0, 0.05) is 18.8 Å². The van der Waals surface area contributed by atoms with Crippen LogP contribution in [0.5, 0.6) is 0 Å². The van der Waals surface area contributed by atoms with Crippen LogP contribution < -0.4 is 5.32 Å². The van der Waals surface area contributed by atoms with Gasteiger partial charge in [0.05, 0.1) is 23.7 Å². The number of hydrogen-bond donors (Lipinski definition) is 1. The van der Waals surface area contributed by atoms with Crippen LogP contribution in [0.3, 0.4) is 0 Å². The predicted molar refractivity (Wildman–Crippen MR) is 70.5 cm³/mol. The molecule has 1 N–H and O–H groups in total. The average molecular weight is 249 g/mol. The summed E-state index contributed by atoms with van der Waals surface area (Å²) in [5.74, 6) is 0. The molecule has 100 valence electrons. The molecule has 1 aromatic heterocycles. The summed E-state index contributed by atoms with van der Waals surface area (Å²) >= 11 is 0. The number of imidazole rings is 1. The number of nitrogens with one attached hydrogen (secondary N) is 1. The van der Waals surface area contributed by atoms with E-state index in [0.717, 1.165) is 19.6 Å². The van der Waals surface area contributed by atoms with Gasteiger partial charge in [0.1, 0.15) is 0 Å². The molecule has 0 saturated carbocycles. The molecule has 0 aliphatic carbocycles. The zero-order valence-corrected chi connectivity index (χ0v) is 11.4. The third kappa shape index (κ3) is 1.88. The van der Waals surface area contributed by atoms with Crippen LogP contribution in [0.2, 0.25) is 0 Å². The molecule has 3 atom stereocenters. The zero-order valence-electron chi connectivity index (χ0n) is 11.4. The van der Waals surface area contributed by atoms with E-state index in [2.05, 4.69) is 28.7 Å². The van der Waals surface area contributed by atoms with Crippen molar-refractivity contribution in [2.75, 3.05) is 13.2 Å². The first-order valence-electron chi connectivity index (χ1n) is 7.09. The minimum Gasteiger partial charge on any atom is -0.376 e. The number of ether oxygens (including phenoxy) is 1. The fourth-order valence-electron chi connectivity index (χ4n) is 3.24. The Morgan fingerprint density at radius 2 is 2.39 bits per heavy atom. The molecule has 3 unspecified atom stereocenters. The Kier molecular flexibility index (Phi) is 3.16. The largest absolute Gasteiger partial charge is 0.376 e. The van der Waals surface area contributed by atoms with E-state index in [1.165, 1.54) is 25.0 Å². The second-order valence-corrected chi connectivity index (χ2v) is 5.81. The van der Waals surface area contributed by atoms with Crippen LogP contribution in [0.4, 0.5) is 0 Å². The summed E-state index contributed by atoms with van der Waals surface area (Å²) in [7, 11) is 0. The summed E-state index contributed by atoms with van der Waals surface area (Å²) in [4.78, 5) is 4.39. The third-order valence-electron chi connectivity index (χ3n) is 4.74. The van der Waals surface area contributed by atoms with E-state index in [1.807, 2.05) is 12.5 Å². The van der Waals surface area contributed by atoms with E-state index in [1.54, 1.807) is 0 Å². The van der Waals surface area contributed by atoms with Gasteiger partial charge in [0.15, 0.2) is 0 Å². The summed E-state index contributed by atoms with van der Waals surface area (Å²) < 4.78 is 8.12. The summed E-state index contributed by atoms with van der Waals surface area (Å²) in [6.45, 7) is 6.44. The van der Waals surface area contributed by atoms with Crippen LogP contribution in [0.15, 0.2) is 12.5 Å². The van der Waals surface area contributed by atoms with E-state index >= 15 is 0 Å². The molecule has 0 amide bonds. The summed E-state index contributed by atoms with van der Waals surface area (Å²) in [6, 6.07) is 0.464. The van der Waals surface area contributed by atoms with Crippen molar-refractivity contribution in [3.05, 3.63) is 18.2 Å². The van der Waals surface area contributed by atoms with Crippen LogP contribution in [-0.4, -0.2) is 28.8 Å². The normalized spacial score (nSPS) is 37.0. The van der Waals surface area contributed by atoms with Gasteiger partial charge in [-0.1, -0.05) is 6.42 Å². The Morgan fingerprint density at radius 1 is 1.50 bits per heavy atom. The first-order chi connectivity index (χ1) is 8.72. The van der Waals surface area contributed by atoms with Crippen molar-refractivity contribution in [2.24, 2.45) is 0 Å². The average Bonchev–Trinajstić information content (AvgIpc) is 2.99. The van der Waals surface area contributed by atoms with Crippen LogP contribution in [0.1, 0.15) is 51.3 Å². The molecular weight excluding hydrogens is 226 g/mol. The lowest BCUT2D eigenvalue weighted by Crippen LogP contribution is -2.39. The zero-order chi connectivity index (χ0) is 12.6. The molecule has 4 nitrogen and oxygen atoms in total. The third-order valence-corrected chi connectivity index (χ3v) is 4.74. The number of nitrogens with zero attached hydrogens (tertiary/aromatic N) is 2. The van der Waals surface area contributed by atoms with Crippen molar-refractivity contribution in [3.63, 3.8) is 0 Å². The lowest BCUT2D eigenvalue weighted by Gasteiger charge is -2.34. The van der Waals surface area contributed by atoms with E-state index in [0.29, 0.717) is 6.04 Å². The fraction of sp³-hybridized carbons (Fsp3) is 0.786. The molecular formula is C14H23N3O. The Labute approximate surface area is 109 Å². The molecule has 2 saturated heterocycles. The van der Waals surface area contributed by atoms with Gasteiger partial charge in [-0.2, -0.15) is 0 Å². The highest BCUT2D eigenvalue weighted by Gasteiger charge is 2.40. The standard InChI is InChI=1S/C14H23N3O/c1-11-14(2,6-8-18-11)17-10-15-9-13(17)12-5-3-4-7-16-12/h9-12,16H,3-8H2,1-2H3. The Hall–Kier alpha value is -0.870. The Bertz CT molecular complexity index is 411. The molecule has 2 aliphatic heterocycles. The first kappa shape index (κ1) is 12.2. The van der Waals surface area contributed by atoms with Crippen LogP contribution >= 0.6 is 0 Å². The van der Waals surface area contributed by atoms with Crippen LogP contribution in [0.25, 0.3) is 0 Å². The quantitative estimate of drug-likeness (QED) is 0.873. The van der Waals surface area contributed by atoms with Gasteiger partial charge >= 0.3 is 0 Å². The first-order valence-corrected chi connectivity index (χ1v) is 7.09. The number of aromatic nitrogens is 2.